The molecule has 0 atom stereocenters. The van der Waals surface area contributed by atoms with Crippen molar-refractivity contribution < 1.29 is 14.3 Å². The minimum Gasteiger partial charge on any atom is -0.454 e. The first-order valence-electron chi connectivity index (χ1n) is 9.42. The number of benzene rings is 3. The van der Waals surface area contributed by atoms with Gasteiger partial charge in [0.2, 0.25) is 5.78 Å². The van der Waals surface area contributed by atoms with Gasteiger partial charge in [-0.1, -0.05) is 48.5 Å². The molecule has 0 aliphatic rings. The summed E-state index contributed by atoms with van der Waals surface area (Å²) in [6.45, 7) is -0.325. The molecule has 0 amide bonds. The Morgan fingerprint density at radius 3 is 2.57 bits per heavy atom. The number of fused-ring (bicyclic) bond motifs is 2. The lowest BCUT2D eigenvalue weighted by atomic mass is 10.1. The monoisotopic (exact) mass is 412 g/mol. The Kier molecular flexibility index (Phi) is 4.61. The molecule has 3 aromatic carbocycles. The summed E-state index contributed by atoms with van der Waals surface area (Å²) in [7, 11) is 0. The molecular formula is C24H16N2O3S. The predicted octanol–water partition coefficient (Wildman–Crippen LogP) is 5.48. The van der Waals surface area contributed by atoms with Crippen molar-refractivity contribution in [3.63, 3.8) is 0 Å². The topological polar surface area (TPSA) is 72.1 Å². The molecule has 0 bridgehead atoms. The Balaban J connectivity index is 1.38. The highest BCUT2D eigenvalue weighted by Gasteiger charge is 2.19. The number of H-pyrrole nitrogens is 1. The lowest BCUT2D eigenvalue weighted by Gasteiger charge is -2.07. The van der Waals surface area contributed by atoms with Crippen LogP contribution in [0.25, 0.3) is 31.7 Å². The van der Waals surface area contributed by atoms with Gasteiger partial charge < -0.3 is 9.72 Å². The molecule has 5 rings (SSSR count). The van der Waals surface area contributed by atoms with Gasteiger partial charge in [-0.05, 0) is 24.3 Å². The number of hydrogen-bond acceptors (Lipinski definition) is 5. The van der Waals surface area contributed by atoms with Gasteiger partial charge in [-0.2, -0.15) is 0 Å². The van der Waals surface area contributed by atoms with Gasteiger partial charge in [0, 0.05) is 28.2 Å². The highest BCUT2D eigenvalue weighted by Crippen LogP contribution is 2.32. The smallest absolute Gasteiger partial charge is 0.339 e. The van der Waals surface area contributed by atoms with Gasteiger partial charge >= 0.3 is 5.97 Å². The third-order valence-electron chi connectivity index (χ3n) is 4.90. The van der Waals surface area contributed by atoms with E-state index in [1.54, 1.807) is 18.3 Å². The minimum absolute atomic E-state index is 0.252. The number of ketones is 1. The van der Waals surface area contributed by atoms with Crippen molar-refractivity contribution in [3.8, 4) is 10.6 Å². The standard InChI is InChI=1S/C24H16N2O3S/c27-21(18-13-25-19-10-4-3-7-15(18)19)14-29-24(28)17-9-2-1-8-16(17)23-26-20-11-5-6-12-22(20)30-23/h1-13,25H,14H2. The predicted molar refractivity (Wildman–Crippen MR) is 118 cm³/mol. The van der Waals surface area contributed by atoms with E-state index in [9.17, 15) is 9.59 Å². The molecule has 0 aliphatic carbocycles. The van der Waals surface area contributed by atoms with E-state index in [2.05, 4.69) is 9.97 Å². The number of carbonyl (C=O) groups excluding carboxylic acids is 2. The number of para-hydroxylation sites is 2. The molecule has 5 aromatic rings. The molecule has 30 heavy (non-hydrogen) atoms. The third-order valence-corrected chi connectivity index (χ3v) is 5.96. The number of aromatic amines is 1. The molecule has 5 nitrogen and oxygen atoms in total. The van der Waals surface area contributed by atoms with E-state index in [0.717, 1.165) is 26.1 Å². The average molecular weight is 412 g/mol. The summed E-state index contributed by atoms with van der Waals surface area (Å²) in [5.74, 6) is -0.795. The van der Waals surface area contributed by atoms with Crippen LogP contribution in [0.1, 0.15) is 20.7 Å². The molecule has 0 aliphatic heterocycles. The molecular weight excluding hydrogens is 396 g/mol. The maximum atomic E-state index is 12.8. The highest BCUT2D eigenvalue weighted by molar-refractivity contribution is 7.21. The van der Waals surface area contributed by atoms with E-state index in [0.29, 0.717) is 16.7 Å². The van der Waals surface area contributed by atoms with E-state index in [4.69, 9.17) is 4.74 Å². The van der Waals surface area contributed by atoms with Gasteiger partial charge in [-0.15, -0.1) is 11.3 Å². The molecule has 0 unspecified atom stereocenters. The zero-order valence-electron chi connectivity index (χ0n) is 15.8. The average Bonchev–Trinajstić information content (AvgIpc) is 3.41. The molecule has 6 heteroatoms. The fraction of sp³-hybridized carbons (Fsp3) is 0.0417. The second-order valence-corrected chi connectivity index (χ2v) is 7.81. The molecule has 0 fully saturated rings. The lowest BCUT2D eigenvalue weighted by Crippen LogP contribution is -2.14. The first-order valence-corrected chi connectivity index (χ1v) is 10.2. The Bertz CT molecular complexity index is 1370. The summed E-state index contributed by atoms with van der Waals surface area (Å²) in [6, 6.07) is 22.5. The summed E-state index contributed by atoms with van der Waals surface area (Å²) >= 11 is 1.52. The van der Waals surface area contributed by atoms with Crippen LogP contribution in [-0.2, 0) is 4.74 Å². The van der Waals surface area contributed by atoms with Crippen molar-refractivity contribution >= 4 is 44.2 Å². The zero-order chi connectivity index (χ0) is 20.5. The number of nitrogens with zero attached hydrogens (tertiary/aromatic N) is 1. The summed E-state index contributed by atoms with van der Waals surface area (Å²) in [5, 5.41) is 1.56. The third kappa shape index (κ3) is 3.27. The summed E-state index contributed by atoms with van der Waals surface area (Å²) in [6.07, 6.45) is 1.65. The molecule has 0 radical (unpaired) electrons. The Morgan fingerprint density at radius 1 is 0.900 bits per heavy atom. The lowest BCUT2D eigenvalue weighted by molar-refractivity contribution is 0.0476. The van der Waals surface area contributed by atoms with Crippen LogP contribution in [-0.4, -0.2) is 28.3 Å². The molecule has 2 aromatic heterocycles. The Hall–Kier alpha value is -3.77. The van der Waals surface area contributed by atoms with E-state index in [1.165, 1.54) is 11.3 Å². The fourth-order valence-electron chi connectivity index (χ4n) is 3.42. The quantitative estimate of drug-likeness (QED) is 0.306. The molecule has 0 saturated carbocycles. The second-order valence-electron chi connectivity index (χ2n) is 6.78. The fourth-order valence-corrected chi connectivity index (χ4v) is 4.43. The van der Waals surface area contributed by atoms with Crippen molar-refractivity contribution in [1.82, 2.24) is 9.97 Å². The molecule has 0 spiro atoms. The molecule has 1 N–H and O–H groups in total. The van der Waals surface area contributed by atoms with Crippen LogP contribution >= 0.6 is 11.3 Å². The first-order chi connectivity index (χ1) is 14.7. The number of thiazole rings is 1. The van der Waals surface area contributed by atoms with Gasteiger partial charge in [0.1, 0.15) is 5.01 Å². The molecule has 0 saturated heterocycles. The van der Waals surface area contributed by atoms with Crippen molar-refractivity contribution in [2.75, 3.05) is 6.61 Å². The number of rotatable bonds is 5. The number of Topliss-reactive ketones (excluding diaryl/α,β-unsaturated/α-hetero) is 1. The number of carbonyl (C=O) groups is 2. The van der Waals surface area contributed by atoms with E-state index < -0.39 is 5.97 Å². The van der Waals surface area contributed by atoms with Gasteiger partial charge in [-0.3, -0.25) is 4.79 Å². The van der Waals surface area contributed by atoms with Gasteiger partial charge in [0.15, 0.2) is 6.61 Å². The van der Waals surface area contributed by atoms with Gasteiger partial charge in [-0.25, -0.2) is 9.78 Å². The summed E-state index contributed by atoms with van der Waals surface area (Å²) in [4.78, 5) is 33.1. The van der Waals surface area contributed by atoms with E-state index in [-0.39, 0.29) is 12.4 Å². The maximum Gasteiger partial charge on any atom is 0.339 e. The van der Waals surface area contributed by atoms with Crippen molar-refractivity contribution in [3.05, 3.63) is 90.1 Å². The van der Waals surface area contributed by atoms with E-state index in [1.807, 2.05) is 60.7 Å². The first kappa shape index (κ1) is 18.3. The Morgan fingerprint density at radius 2 is 1.67 bits per heavy atom. The number of ether oxygens (including phenoxy) is 1. The van der Waals surface area contributed by atoms with Crippen LogP contribution < -0.4 is 0 Å². The number of esters is 1. The second kappa shape index (κ2) is 7.57. The number of aromatic nitrogens is 2. The largest absolute Gasteiger partial charge is 0.454 e. The maximum absolute atomic E-state index is 12.8. The normalized spacial score (nSPS) is 11.1. The van der Waals surface area contributed by atoms with E-state index >= 15 is 0 Å². The van der Waals surface area contributed by atoms with Crippen molar-refractivity contribution in [1.29, 1.82) is 0 Å². The highest BCUT2D eigenvalue weighted by atomic mass is 32.1. The van der Waals surface area contributed by atoms with Crippen LogP contribution in [0.15, 0.2) is 79.0 Å². The minimum atomic E-state index is -0.543. The number of nitrogens with one attached hydrogen (secondary N) is 1. The van der Waals surface area contributed by atoms with Gasteiger partial charge in [0.05, 0.1) is 15.8 Å². The molecule has 146 valence electrons. The van der Waals surface area contributed by atoms with Crippen LogP contribution in [0.4, 0.5) is 0 Å². The van der Waals surface area contributed by atoms with Crippen LogP contribution in [0.5, 0.6) is 0 Å². The summed E-state index contributed by atoms with van der Waals surface area (Å²) in [5.41, 5.74) is 3.35. The van der Waals surface area contributed by atoms with Crippen LogP contribution in [0, 0.1) is 0 Å². The van der Waals surface area contributed by atoms with Crippen molar-refractivity contribution in [2.45, 2.75) is 0 Å². The zero-order valence-corrected chi connectivity index (χ0v) is 16.6. The van der Waals surface area contributed by atoms with Gasteiger partial charge in [0.25, 0.3) is 0 Å². The Labute approximate surface area is 176 Å². The van der Waals surface area contributed by atoms with Crippen molar-refractivity contribution in [2.24, 2.45) is 0 Å². The van der Waals surface area contributed by atoms with Crippen LogP contribution in [0.3, 0.4) is 0 Å². The van der Waals surface area contributed by atoms with Crippen LogP contribution in [0.2, 0.25) is 0 Å². The SMILES string of the molecule is O=C(OCC(=O)c1c[nH]c2ccccc12)c1ccccc1-c1nc2ccccc2s1. The molecule has 2 heterocycles. The number of hydrogen-bond donors (Lipinski definition) is 1. The summed E-state index contributed by atoms with van der Waals surface area (Å²) < 4.78 is 6.42.